The third kappa shape index (κ3) is 1.64. The van der Waals surface area contributed by atoms with Gasteiger partial charge in [-0.05, 0) is 23.6 Å². The molecule has 0 fully saturated rings. The third-order valence-electron chi connectivity index (χ3n) is 3.13. The lowest BCUT2D eigenvalue weighted by atomic mass is 10.1. The second-order valence-corrected chi connectivity index (χ2v) is 5.60. The number of halogens is 1. The van der Waals surface area contributed by atoms with E-state index < -0.39 is 0 Å². The van der Waals surface area contributed by atoms with Gasteiger partial charge < -0.3 is 4.98 Å². The SMILES string of the molecule is Clc1cc2ncc3[nH]cnc3c2cc1-c1cccs1. The van der Waals surface area contributed by atoms with Crippen molar-refractivity contribution in [3.05, 3.63) is 47.2 Å². The minimum Gasteiger partial charge on any atom is -0.343 e. The number of H-pyrrole nitrogens is 1. The van der Waals surface area contributed by atoms with Crippen LogP contribution in [0.15, 0.2) is 42.2 Å². The van der Waals surface area contributed by atoms with Gasteiger partial charge in [0.15, 0.2) is 0 Å². The van der Waals surface area contributed by atoms with Crippen LogP contribution in [-0.2, 0) is 0 Å². The van der Waals surface area contributed by atoms with E-state index in [2.05, 4.69) is 27.1 Å². The van der Waals surface area contributed by atoms with Crippen molar-refractivity contribution in [2.24, 2.45) is 0 Å². The smallest absolute Gasteiger partial charge is 0.0992 e. The van der Waals surface area contributed by atoms with Gasteiger partial charge in [0.05, 0.1) is 34.1 Å². The molecule has 92 valence electrons. The van der Waals surface area contributed by atoms with Gasteiger partial charge in [-0.2, -0.15) is 0 Å². The Morgan fingerprint density at radius 1 is 1.21 bits per heavy atom. The van der Waals surface area contributed by atoms with Crippen molar-refractivity contribution in [3.8, 4) is 10.4 Å². The van der Waals surface area contributed by atoms with Crippen molar-refractivity contribution in [1.82, 2.24) is 15.0 Å². The lowest BCUT2D eigenvalue weighted by Gasteiger charge is -2.05. The van der Waals surface area contributed by atoms with Gasteiger partial charge in [0.25, 0.3) is 0 Å². The molecule has 19 heavy (non-hydrogen) atoms. The summed E-state index contributed by atoms with van der Waals surface area (Å²) >= 11 is 8.03. The van der Waals surface area contributed by atoms with E-state index in [1.807, 2.05) is 17.5 Å². The van der Waals surface area contributed by atoms with Gasteiger partial charge >= 0.3 is 0 Å². The number of aromatic nitrogens is 3. The second kappa shape index (κ2) is 4.05. The molecule has 3 nitrogen and oxygen atoms in total. The number of benzene rings is 1. The molecular weight excluding hydrogens is 278 g/mol. The topological polar surface area (TPSA) is 41.6 Å². The minimum atomic E-state index is 0.720. The van der Waals surface area contributed by atoms with Crippen molar-refractivity contribution in [2.45, 2.75) is 0 Å². The number of hydrogen-bond acceptors (Lipinski definition) is 3. The number of nitrogens with zero attached hydrogens (tertiary/aromatic N) is 2. The quantitative estimate of drug-likeness (QED) is 0.560. The predicted octanol–water partition coefficient (Wildman–Crippen LogP) is 4.49. The van der Waals surface area contributed by atoms with Crippen LogP contribution >= 0.6 is 22.9 Å². The Hall–Kier alpha value is -1.91. The Morgan fingerprint density at radius 3 is 3.00 bits per heavy atom. The summed E-state index contributed by atoms with van der Waals surface area (Å²) in [6.45, 7) is 0. The van der Waals surface area contributed by atoms with Crippen LogP contribution < -0.4 is 0 Å². The van der Waals surface area contributed by atoms with Crippen LogP contribution in [0.25, 0.3) is 32.4 Å². The molecule has 4 aromatic rings. The Labute approximate surface area is 117 Å². The molecule has 0 bridgehead atoms. The van der Waals surface area contributed by atoms with E-state index in [-0.39, 0.29) is 0 Å². The third-order valence-corrected chi connectivity index (χ3v) is 4.34. The summed E-state index contributed by atoms with van der Waals surface area (Å²) in [6.07, 6.45) is 3.47. The predicted molar refractivity (Wildman–Crippen MR) is 79.7 cm³/mol. The monoisotopic (exact) mass is 285 g/mol. The summed E-state index contributed by atoms with van der Waals surface area (Å²) in [5.74, 6) is 0. The second-order valence-electron chi connectivity index (χ2n) is 4.25. The normalized spacial score (nSPS) is 11.4. The average Bonchev–Trinajstić information content (AvgIpc) is 3.08. The van der Waals surface area contributed by atoms with Crippen LogP contribution in [0.2, 0.25) is 5.02 Å². The van der Waals surface area contributed by atoms with Gasteiger partial charge in [-0.1, -0.05) is 17.7 Å². The van der Waals surface area contributed by atoms with Crippen molar-refractivity contribution >= 4 is 44.9 Å². The maximum atomic E-state index is 6.36. The summed E-state index contributed by atoms with van der Waals surface area (Å²) in [6, 6.07) is 8.06. The van der Waals surface area contributed by atoms with E-state index in [0.29, 0.717) is 0 Å². The highest BCUT2D eigenvalue weighted by Crippen LogP contribution is 2.35. The van der Waals surface area contributed by atoms with E-state index in [4.69, 9.17) is 11.6 Å². The summed E-state index contributed by atoms with van der Waals surface area (Å²) in [5.41, 5.74) is 3.76. The van der Waals surface area contributed by atoms with E-state index in [0.717, 1.165) is 37.4 Å². The minimum absolute atomic E-state index is 0.720. The van der Waals surface area contributed by atoms with Crippen LogP contribution in [0.5, 0.6) is 0 Å². The molecule has 0 aliphatic carbocycles. The first-order valence-corrected chi connectivity index (χ1v) is 7.04. The lowest BCUT2D eigenvalue weighted by Crippen LogP contribution is -1.84. The van der Waals surface area contributed by atoms with Gasteiger partial charge in [0, 0.05) is 15.8 Å². The van der Waals surface area contributed by atoms with Gasteiger partial charge in [-0.3, -0.25) is 4.98 Å². The number of aromatic amines is 1. The zero-order valence-electron chi connectivity index (χ0n) is 9.72. The molecular formula is C14H8ClN3S. The molecule has 0 atom stereocenters. The molecule has 1 aromatic carbocycles. The van der Waals surface area contributed by atoms with Crippen molar-refractivity contribution < 1.29 is 0 Å². The largest absolute Gasteiger partial charge is 0.343 e. The molecule has 0 aliphatic heterocycles. The number of hydrogen-bond donors (Lipinski definition) is 1. The first kappa shape index (κ1) is 11.0. The maximum Gasteiger partial charge on any atom is 0.0992 e. The van der Waals surface area contributed by atoms with Crippen LogP contribution in [0.4, 0.5) is 0 Å². The van der Waals surface area contributed by atoms with E-state index in [9.17, 15) is 0 Å². The molecule has 0 amide bonds. The number of pyridine rings is 1. The molecule has 0 saturated carbocycles. The molecule has 0 aliphatic rings. The zero-order chi connectivity index (χ0) is 12.8. The highest BCUT2D eigenvalue weighted by molar-refractivity contribution is 7.13. The van der Waals surface area contributed by atoms with Crippen LogP contribution in [0, 0.1) is 0 Å². The fourth-order valence-corrected chi connectivity index (χ4v) is 3.30. The van der Waals surface area contributed by atoms with Crippen molar-refractivity contribution in [3.63, 3.8) is 0 Å². The van der Waals surface area contributed by atoms with Gasteiger partial charge in [0.1, 0.15) is 0 Å². The van der Waals surface area contributed by atoms with Crippen molar-refractivity contribution in [1.29, 1.82) is 0 Å². The number of fused-ring (bicyclic) bond motifs is 3. The summed E-state index contributed by atoms with van der Waals surface area (Å²) in [5, 5.41) is 3.78. The number of thiophene rings is 1. The Balaban J connectivity index is 2.13. The molecule has 0 spiro atoms. The van der Waals surface area contributed by atoms with Gasteiger partial charge in [-0.15, -0.1) is 11.3 Å². The fraction of sp³-hybridized carbons (Fsp3) is 0. The van der Waals surface area contributed by atoms with E-state index in [1.54, 1.807) is 23.9 Å². The molecule has 0 saturated heterocycles. The first-order valence-electron chi connectivity index (χ1n) is 5.78. The molecule has 0 radical (unpaired) electrons. The summed E-state index contributed by atoms with van der Waals surface area (Å²) in [7, 11) is 0. The Kier molecular flexibility index (Phi) is 2.33. The highest BCUT2D eigenvalue weighted by Gasteiger charge is 2.10. The maximum absolute atomic E-state index is 6.36. The molecule has 3 aromatic heterocycles. The van der Waals surface area contributed by atoms with Crippen molar-refractivity contribution in [2.75, 3.05) is 0 Å². The number of rotatable bonds is 1. The number of imidazole rings is 1. The molecule has 1 N–H and O–H groups in total. The fourth-order valence-electron chi connectivity index (χ4n) is 2.23. The summed E-state index contributed by atoms with van der Waals surface area (Å²) < 4.78 is 0. The van der Waals surface area contributed by atoms with Crippen LogP contribution in [0.1, 0.15) is 0 Å². The Morgan fingerprint density at radius 2 is 2.16 bits per heavy atom. The standard InChI is InChI=1S/C14H8ClN3S/c15-10-5-11-9(4-8(10)13-2-1-3-19-13)14-12(6-16-11)17-7-18-14/h1-7H,(H,17,18). The van der Waals surface area contributed by atoms with Crippen LogP contribution in [0.3, 0.4) is 0 Å². The molecule has 3 heterocycles. The lowest BCUT2D eigenvalue weighted by molar-refractivity contribution is 1.34. The first-order chi connectivity index (χ1) is 9.33. The van der Waals surface area contributed by atoms with E-state index >= 15 is 0 Å². The average molecular weight is 286 g/mol. The number of nitrogens with one attached hydrogen (secondary N) is 1. The van der Waals surface area contributed by atoms with Crippen LogP contribution in [-0.4, -0.2) is 15.0 Å². The molecule has 5 heteroatoms. The molecule has 4 rings (SSSR count). The Bertz CT molecular complexity index is 880. The van der Waals surface area contributed by atoms with Gasteiger partial charge in [0.2, 0.25) is 0 Å². The molecule has 0 unspecified atom stereocenters. The zero-order valence-corrected chi connectivity index (χ0v) is 11.3. The van der Waals surface area contributed by atoms with E-state index in [1.165, 1.54) is 0 Å². The highest BCUT2D eigenvalue weighted by atomic mass is 35.5. The summed E-state index contributed by atoms with van der Waals surface area (Å²) in [4.78, 5) is 13.0. The van der Waals surface area contributed by atoms with Gasteiger partial charge in [-0.25, -0.2) is 4.98 Å².